The Hall–Kier alpha value is -1.89. The Balaban J connectivity index is 2.83. The lowest BCUT2D eigenvalue weighted by Crippen LogP contribution is -2.45. The standard InChI is InChI=1S/C14H20O7/c1-3-6-14(7-5-11(15)16,21-12(17)4-2)13(18)20-9-10-8-19-10/h4,10H,2-3,5-9H2,1H3,(H,15,16). The summed E-state index contributed by atoms with van der Waals surface area (Å²) in [4.78, 5) is 34.5. The fraction of sp³-hybridized carbons (Fsp3) is 0.643. The highest BCUT2D eigenvalue weighted by molar-refractivity contribution is 5.88. The summed E-state index contributed by atoms with van der Waals surface area (Å²) in [5, 5.41) is 8.81. The second-order valence-electron chi connectivity index (χ2n) is 4.82. The highest BCUT2D eigenvalue weighted by Gasteiger charge is 2.44. The van der Waals surface area contributed by atoms with Crippen LogP contribution in [0.2, 0.25) is 0 Å². The third kappa shape index (κ3) is 5.55. The second-order valence-corrected chi connectivity index (χ2v) is 4.82. The topological polar surface area (TPSA) is 102 Å². The molecule has 1 aliphatic rings. The quantitative estimate of drug-likeness (QED) is 0.365. The molecule has 2 unspecified atom stereocenters. The molecule has 0 spiro atoms. The fourth-order valence-electron chi connectivity index (χ4n) is 1.88. The molecule has 21 heavy (non-hydrogen) atoms. The number of ether oxygens (including phenoxy) is 3. The van der Waals surface area contributed by atoms with E-state index in [-0.39, 0.29) is 32.0 Å². The maximum atomic E-state index is 12.3. The molecule has 0 aromatic carbocycles. The van der Waals surface area contributed by atoms with Crippen LogP contribution in [0.5, 0.6) is 0 Å². The smallest absolute Gasteiger partial charge is 0.350 e. The molecule has 1 aliphatic heterocycles. The van der Waals surface area contributed by atoms with Crippen LogP contribution in [0.1, 0.15) is 32.6 Å². The molecular formula is C14H20O7. The Morgan fingerprint density at radius 1 is 1.43 bits per heavy atom. The number of hydrogen-bond acceptors (Lipinski definition) is 6. The summed E-state index contributed by atoms with van der Waals surface area (Å²) in [6, 6.07) is 0. The first kappa shape index (κ1) is 17.2. The van der Waals surface area contributed by atoms with E-state index >= 15 is 0 Å². The highest BCUT2D eigenvalue weighted by atomic mass is 16.6. The molecule has 0 saturated carbocycles. The lowest BCUT2D eigenvalue weighted by molar-refractivity contribution is -0.183. The van der Waals surface area contributed by atoms with Gasteiger partial charge in [0, 0.05) is 18.9 Å². The number of rotatable bonds is 10. The number of esters is 2. The van der Waals surface area contributed by atoms with Crippen LogP contribution in [0.15, 0.2) is 12.7 Å². The van der Waals surface area contributed by atoms with Gasteiger partial charge >= 0.3 is 17.9 Å². The highest BCUT2D eigenvalue weighted by Crippen LogP contribution is 2.27. The van der Waals surface area contributed by atoms with Gasteiger partial charge in [0.15, 0.2) is 0 Å². The number of carboxylic acids is 1. The van der Waals surface area contributed by atoms with Crippen LogP contribution in [0, 0.1) is 0 Å². The molecule has 1 saturated heterocycles. The lowest BCUT2D eigenvalue weighted by Gasteiger charge is -2.30. The van der Waals surface area contributed by atoms with Gasteiger partial charge in [-0.15, -0.1) is 0 Å². The molecule has 2 atom stereocenters. The van der Waals surface area contributed by atoms with Gasteiger partial charge in [0.05, 0.1) is 6.61 Å². The van der Waals surface area contributed by atoms with Crippen molar-refractivity contribution in [2.45, 2.75) is 44.3 Å². The molecule has 1 rings (SSSR count). The van der Waals surface area contributed by atoms with Crippen molar-refractivity contribution >= 4 is 17.9 Å². The number of epoxide rings is 1. The number of hydrogen-bond donors (Lipinski definition) is 1. The average Bonchev–Trinajstić information content (AvgIpc) is 3.26. The Morgan fingerprint density at radius 3 is 2.57 bits per heavy atom. The van der Waals surface area contributed by atoms with Crippen molar-refractivity contribution in [1.29, 1.82) is 0 Å². The molecule has 0 radical (unpaired) electrons. The molecule has 0 aliphatic carbocycles. The molecule has 0 bridgehead atoms. The van der Waals surface area contributed by atoms with E-state index in [1.54, 1.807) is 6.92 Å². The second kappa shape index (κ2) is 7.78. The summed E-state index contributed by atoms with van der Waals surface area (Å²) in [7, 11) is 0. The molecule has 7 nitrogen and oxygen atoms in total. The van der Waals surface area contributed by atoms with Crippen molar-refractivity contribution in [1.82, 2.24) is 0 Å². The average molecular weight is 300 g/mol. The van der Waals surface area contributed by atoms with E-state index in [9.17, 15) is 14.4 Å². The van der Waals surface area contributed by atoms with Gasteiger partial charge in [-0.25, -0.2) is 9.59 Å². The number of carbonyl (C=O) groups excluding carboxylic acids is 2. The van der Waals surface area contributed by atoms with Crippen molar-refractivity contribution in [3.8, 4) is 0 Å². The summed E-state index contributed by atoms with van der Waals surface area (Å²) >= 11 is 0. The summed E-state index contributed by atoms with van der Waals surface area (Å²) in [6.45, 7) is 5.68. The van der Waals surface area contributed by atoms with E-state index in [1.807, 2.05) is 0 Å². The van der Waals surface area contributed by atoms with Crippen molar-refractivity contribution in [2.75, 3.05) is 13.2 Å². The van der Waals surface area contributed by atoms with E-state index in [0.717, 1.165) is 6.08 Å². The Morgan fingerprint density at radius 2 is 2.10 bits per heavy atom. The third-order valence-electron chi connectivity index (χ3n) is 3.03. The summed E-state index contributed by atoms with van der Waals surface area (Å²) in [5.41, 5.74) is -1.59. The molecule has 0 amide bonds. The molecule has 1 fully saturated rings. The van der Waals surface area contributed by atoms with Crippen LogP contribution in [0.4, 0.5) is 0 Å². The molecule has 118 valence electrons. The van der Waals surface area contributed by atoms with E-state index in [0.29, 0.717) is 13.0 Å². The van der Waals surface area contributed by atoms with E-state index in [1.165, 1.54) is 0 Å². The minimum absolute atomic E-state index is 0.0724. The Bertz CT molecular complexity index is 414. The SMILES string of the molecule is C=CC(=O)OC(CCC)(CCC(=O)O)C(=O)OCC1CO1. The van der Waals surface area contributed by atoms with E-state index in [2.05, 4.69) is 6.58 Å². The first-order chi connectivity index (χ1) is 9.93. The zero-order valence-corrected chi connectivity index (χ0v) is 12.0. The minimum Gasteiger partial charge on any atom is -0.481 e. The maximum Gasteiger partial charge on any atom is 0.350 e. The van der Waals surface area contributed by atoms with Crippen LogP contribution in [-0.4, -0.2) is 47.9 Å². The largest absolute Gasteiger partial charge is 0.481 e. The monoisotopic (exact) mass is 300 g/mol. The van der Waals surface area contributed by atoms with Gasteiger partial charge in [-0.3, -0.25) is 4.79 Å². The van der Waals surface area contributed by atoms with Gasteiger partial charge in [0.25, 0.3) is 0 Å². The molecular weight excluding hydrogens is 280 g/mol. The van der Waals surface area contributed by atoms with Gasteiger partial charge in [0.2, 0.25) is 5.60 Å². The van der Waals surface area contributed by atoms with E-state index in [4.69, 9.17) is 19.3 Å². The molecule has 0 aromatic rings. The zero-order valence-electron chi connectivity index (χ0n) is 12.0. The van der Waals surface area contributed by atoms with Gasteiger partial charge in [-0.05, 0) is 6.42 Å². The van der Waals surface area contributed by atoms with Gasteiger partial charge in [-0.1, -0.05) is 19.9 Å². The number of aliphatic carboxylic acids is 1. The minimum atomic E-state index is -1.59. The number of carboxylic acid groups (broad SMARTS) is 1. The van der Waals surface area contributed by atoms with Crippen molar-refractivity contribution in [3.05, 3.63) is 12.7 Å². The fourth-order valence-corrected chi connectivity index (χ4v) is 1.88. The van der Waals surface area contributed by atoms with Crippen molar-refractivity contribution < 1.29 is 33.7 Å². The van der Waals surface area contributed by atoms with Gasteiger partial charge in [-0.2, -0.15) is 0 Å². The Labute approximate surface area is 122 Å². The lowest BCUT2D eigenvalue weighted by atomic mass is 9.92. The molecule has 7 heteroatoms. The van der Waals surface area contributed by atoms with Crippen LogP contribution < -0.4 is 0 Å². The normalized spacial score (nSPS) is 19.2. The summed E-state index contributed by atoms with van der Waals surface area (Å²) in [5.74, 6) is -2.60. The number of carbonyl (C=O) groups is 3. The van der Waals surface area contributed by atoms with Crippen LogP contribution in [-0.2, 0) is 28.6 Å². The molecule has 1 N–H and O–H groups in total. The summed E-state index contributed by atoms with van der Waals surface area (Å²) in [6.07, 6.45) is 1.08. The summed E-state index contributed by atoms with van der Waals surface area (Å²) < 4.78 is 15.2. The zero-order chi connectivity index (χ0) is 15.9. The Kier molecular flexibility index (Phi) is 6.36. The van der Waals surface area contributed by atoms with E-state index < -0.39 is 23.5 Å². The molecule has 1 heterocycles. The molecule has 0 aromatic heterocycles. The first-order valence-corrected chi connectivity index (χ1v) is 6.79. The first-order valence-electron chi connectivity index (χ1n) is 6.79. The predicted molar refractivity (Wildman–Crippen MR) is 71.5 cm³/mol. The predicted octanol–water partition coefficient (Wildman–Crippen LogP) is 1.06. The van der Waals surface area contributed by atoms with Crippen molar-refractivity contribution in [3.63, 3.8) is 0 Å². The van der Waals surface area contributed by atoms with Gasteiger partial charge < -0.3 is 19.3 Å². The van der Waals surface area contributed by atoms with Crippen LogP contribution in [0.3, 0.4) is 0 Å². The maximum absolute atomic E-state index is 12.3. The van der Waals surface area contributed by atoms with Crippen LogP contribution >= 0.6 is 0 Å². The van der Waals surface area contributed by atoms with Crippen LogP contribution in [0.25, 0.3) is 0 Å². The third-order valence-corrected chi connectivity index (χ3v) is 3.03. The van der Waals surface area contributed by atoms with Gasteiger partial charge in [0.1, 0.15) is 12.7 Å². The van der Waals surface area contributed by atoms with Crippen molar-refractivity contribution in [2.24, 2.45) is 0 Å².